The lowest BCUT2D eigenvalue weighted by atomic mass is 10.2. The van der Waals surface area contributed by atoms with E-state index in [1.54, 1.807) is 24.3 Å². The Balaban J connectivity index is 2.26. The minimum Gasteiger partial charge on any atom is -0.479 e. The molecule has 25 heavy (non-hydrogen) atoms. The van der Waals surface area contributed by atoms with E-state index in [2.05, 4.69) is 10.1 Å². The third-order valence-corrected chi connectivity index (χ3v) is 3.08. The molecule has 8 heteroatoms. The highest BCUT2D eigenvalue weighted by molar-refractivity contribution is 5.82. The molecular formula is C17H20N2O6. The van der Waals surface area contributed by atoms with E-state index >= 15 is 0 Å². The van der Waals surface area contributed by atoms with Gasteiger partial charge in [0.1, 0.15) is 5.75 Å². The Labute approximate surface area is 145 Å². The molecule has 1 amide bonds. The number of rotatable bonds is 9. The van der Waals surface area contributed by atoms with E-state index in [1.807, 2.05) is 6.07 Å². The summed E-state index contributed by atoms with van der Waals surface area (Å²) in [6.07, 6.45) is -0.267. The van der Waals surface area contributed by atoms with E-state index in [0.29, 0.717) is 17.7 Å². The number of amides is 1. The quantitative estimate of drug-likeness (QED) is 0.521. The maximum Gasteiger partial charge on any atom is 0.347 e. The number of hydrogen-bond acceptors (Lipinski definition) is 7. The molecule has 0 aromatic heterocycles. The van der Waals surface area contributed by atoms with Gasteiger partial charge in [0, 0.05) is 13.0 Å². The van der Waals surface area contributed by atoms with Crippen LogP contribution in [0.5, 0.6) is 5.75 Å². The molecule has 0 radical (unpaired) electrons. The summed E-state index contributed by atoms with van der Waals surface area (Å²) in [6, 6.07) is 8.24. The van der Waals surface area contributed by atoms with E-state index in [-0.39, 0.29) is 18.9 Å². The summed E-state index contributed by atoms with van der Waals surface area (Å²) in [6.45, 7) is 1.34. The average molecular weight is 348 g/mol. The predicted molar refractivity (Wildman–Crippen MR) is 86.5 cm³/mol. The fraction of sp³-hybridized carbons (Fsp3) is 0.412. The van der Waals surface area contributed by atoms with E-state index in [1.165, 1.54) is 14.0 Å². The standard InChI is InChI=1S/C17H20N2O6/c1-12(25-14-7-5-13(10-18)6-8-14)17(22)24-11-15(20)19-9-3-4-16(21)23-2/h5-8,12H,3-4,9,11H2,1-2H3,(H,19,20)/t12-/m0/s1. The molecule has 0 aliphatic carbocycles. The lowest BCUT2D eigenvalue weighted by molar-refractivity contribution is -0.154. The molecule has 1 aromatic carbocycles. The van der Waals surface area contributed by atoms with Gasteiger partial charge in [-0.15, -0.1) is 0 Å². The molecule has 0 heterocycles. The minimum absolute atomic E-state index is 0.200. The highest BCUT2D eigenvalue weighted by atomic mass is 16.6. The highest BCUT2D eigenvalue weighted by Crippen LogP contribution is 2.13. The highest BCUT2D eigenvalue weighted by Gasteiger charge is 2.17. The number of benzene rings is 1. The van der Waals surface area contributed by atoms with Crippen molar-refractivity contribution >= 4 is 17.8 Å². The topological polar surface area (TPSA) is 115 Å². The van der Waals surface area contributed by atoms with Gasteiger partial charge < -0.3 is 19.5 Å². The van der Waals surface area contributed by atoms with E-state index < -0.39 is 24.6 Å². The molecule has 0 saturated heterocycles. The van der Waals surface area contributed by atoms with Gasteiger partial charge in [-0.25, -0.2) is 4.79 Å². The van der Waals surface area contributed by atoms with Gasteiger partial charge in [0.05, 0.1) is 18.7 Å². The summed E-state index contributed by atoms with van der Waals surface area (Å²) in [7, 11) is 1.29. The Bertz CT molecular complexity index is 636. The zero-order valence-corrected chi connectivity index (χ0v) is 14.1. The monoisotopic (exact) mass is 348 g/mol. The molecule has 134 valence electrons. The molecule has 1 aromatic rings. The van der Waals surface area contributed by atoms with Crippen LogP contribution in [0.1, 0.15) is 25.3 Å². The first-order valence-electron chi connectivity index (χ1n) is 7.63. The Morgan fingerprint density at radius 2 is 1.92 bits per heavy atom. The van der Waals surface area contributed by atoms with Gasteiger partial charge in [-0.2, -0.15) is 5.26 Å². The summed E-state index contributed by atoms with van der Waals surface area (Å²) in [5.74, 6) is -1.09. The first-order valence-corrected chi connectivity index (χ1v) is 7.63. The number of methoxy groups -OCH3 is 1. The second kappa shape index (κ2) is 10.6. The SMILES string of the molecule is COC(=O)CCCNC(=O)COC(=O)[C@H](C)Oc1ccc(C#N)cc1. The summed E-state index contributed by atoms with van der Waals surface area (Å²) in [5.41, 5.74) is 0.478. The number of ether oxygens (including phenoxy) is 3. The number of nitrogens with one attached hydrogen (secondary N) is 1. The minimum atomic E-state index is -0.903. The number of esters is 2. The van der Waals surface area contributed by atoms with Crippen LogP contribution < -0.4 is 10.1 Å². The Hall–Kier alpha value is -3.08. The van der Waals surface area contributed by atoms with Crippen LogP contribution in [-0.2, 0) is 23.9 Å². The fourth-order valence-corrected chi connectivity index (χ4v) is 1.73. The molecule has 1 rings (SSSR count). The van der Waals surface area contributed by atoms with Gasteiger partial charge in [0.2, 0.25) is 0 Å². The van der Waals surface area contributed by atoms with E-state index in [0.717, 1.165) is 0 Å². The molecule has 0 fully saturated rings. The molecule has 0 saturated carbocycles. The molecule has 0 aliphatic heterocycles. The first-order chi connectivity index (χ1) is 12.0. The predicted octanol–water partition coefficient (Wildman–Crippen LogP) is 0.938. The van der Waals surface area contributed by atoms with Crippen LogP contribution in [-0.4, -0.2) is 44.2 Å². The smallest absolute Gasteiger partial charge is 0.347 e. The van der Waals surface area contributed by atoms with Gasteiger partial charge >= 0.3 is 11.9 Å². The molecule has 1 N–H and O–H groups in total. The number of nitriles is 1. The van der Waals surface area contributed by atoms with Gasteiger partial charge in [-0.3, -0.25) is 9.59 Å². The normalized spacial score (nSPS) is 10.9. The largest absolute Gasteiger partial charge is 0.479 e. The molecule has 8 nitrogen and oxygen atoms in total. The summed E-state index contributed by atoms with van der Waals surface area (Å²) < 4.78 is 14.7. The molecule has 1 atom stereocenters. The van der Waals surface area contributed by atoms with Crippen molar-refractivity contribution in [2.24, 2.45) is 0 Å². The zero-order chi connectivity index (χ0) is 18.7. The van der Waals surface area contributed by atoms with Crippen molar-refractivity contribution in [2.45, 2.75) is 25.9 Å². The lowest BCUT2D eigenvalue weighted by Gasteiger charge is -2.14. The van der Waals surface area contributed by atoms with Crippen LogP contribution >= 0.6 is 0 Å². The third kappa shape index (κ3) is 7.83. The van der Waals surface area contributed by atoms with Crippen molar-refractivity contribution in [3.05, 3.63) is 29.8 Å². The number of nitrogens with zero attached hydrogens (tertiary/aromatic N) is 1. The number of hydrogen-bond donors (Lipinski definition) is 1. The van der Waals surface area contributed by atoms with Crippen molar-refractivity contribution < 1.29 is 28.6 Å². The van der Waals surface area contributed by atoms with E-state index in [4.69, 9.17) is 14.7 Å². The average Bonchev–Trinajstić information content (AvgIpc) is 2.63. The van der Waals surface area contributed by atoms with E-state index in [9.17, 15) is 14.4 Å². The summed E-state index contributed by atoms with van der Waals surface area (Å²) in [4.78, 5) is 34.2. The van der Waals surface area contributed by atoms with Crippen molar-refractivity contribution in [1.82, 2.24) is 5.32 Å². The maximum atomic E-state index is 11.8. The van der Waals surface area contributed by atoms with Gasteiger partial charge in [0.25, 0.3) is 5.91 Å². The Kier molecular flexibility index (Phi) is 8.50. The van der Waals surface area contributed by atoms with Crippen molar-refractivity contribution in [1.29, 1.82) is 5.26 Å². The van der Waals surface area contributed by atoms with Crippen molar-refractivity contribution in [3.8, 4) is 11.8 Å². The second-order valence-corrected chi connectivity index (χ2v) is 5.03. The molecular weight excluding hydrogens is 328 g/mol. The van der Waals surface area contributed by atoms with Crippen molar-refractivity contribution in [3.63, 3.8) is 0 Å². The third-order valence-electron chi connectivity index (χ3n) is 3.08. The summed E-state index contributed by atoms with van der Waals surface area (Å²) in [5, 5.41) is 11.2. The zero-order valence-electron chi connectivity index (χ0n) is 14.1. The Morgan fingerprint density at radius 1 is 1.24 bits per heavy atom. The molecule has 0 aliphatic rings. The fourth-order valence-electron chi connectivity index (χ4n) is 1.73. The van der Waals surface area contributed by atoms with Crippen LogP contribution in [0.25, 0.3) is 0 Å². The van der Waals surface area contributed by atoms with Gasteiger partial charge in [-0.1, -0.05) is 0 Å². The van der Waals surface area contributed by atoms with Gasteiger partial charge in [0.15, 0.2) is 12.7 Å². The first kappa shape index (κ1) is 20.0. The van der Waals surface area contributed by atoms with Crippen LogP contribution in [0, 0.1) is 11.3 Å². The maximum absolute atomic E-state index is 11.8. The number of carbonyl (C=O) groups excluding carboxylic acids is 3. The van der Waals surface area contributed by atoms with Gasteiger partial charge in [-0.05, 0) is 37.6 Å². The van der Waals surface area contributed by atoms with Crippen LogP contribution in [0.3, 0.4) is 0 Å². The second-order valence-electron chi connectivity index (χ2n) is 5.03. The lowest BCUT2D eigenvalue weighted by Crippen LogP contribution is -2.33. The van der Waals surface area contributed by atoms with Crippen LogP contribution in [0.2, 0.25) is 0 Å². The Morgan fingerprint density at radius 3 is 2.52 bits per heavy atom. The molecule has 0 spiro atoms. The summed E-state index contributed by atoms with van der Waals surface area (Å²) >= 11 is 0. The molecule has 0 unspecified atom stereocenters. The van der Waals surface area contributed by atoms with Crippen LogP contribution in [0.4, 0.5) is 0 Å². The molecule has 0 bridgehead atoms. The van der Waals surface area contributed by atoms with Crippen LogP contribution in [0.15, 0.2) is 24.3 Å². The van der Waals surface area contributed by atoms with Crippen molar-refractivity contribution in [2.75, 3.05) is 20.3 Å². The number of carbonyl (C=O) groups is 3.